The van der Waals surface area contributed by atoms with Crippen LogP contribution >= 0.6 is 0 Å². The molecule has 0 saturated heterocycles. The Morgan fingerprint density at radius 2 is 1.86 bits per heavy atom. The molecule has 1 heterocycles. The number of benzene rings is 1. The summed E-state index contributed by atoms with van der Waals surface area (Å²) in [6.45, 7) is 3.24. The van der Waals surface area contributed by atoms with E-state index in [2.05, 4.69) is 12.1 Å². The van der Waals surface area contributed by atoms with Gasteiger partial charge in [-0.15, -0.1) is 0 Å². The molecule has 1 N–H and O–H groups in total. The number of hydrogen-bond acceptors (Lipinski definition) is 2. The van der Waals surface area contributed by atoms with Gasteiger partial charge in [-0.2, -0.15) is 0 Å². The van der Waals surface area contributed by atoms with Gasteiger partial charge in [0.25, 0.3) is 0 Å². The van der Waals surface area contributed by atoms with Crippen LogP contribution in [0.2, 0.25) is 0 Å². The van der Waals surface area contributed by atoms with Crippen LogP contribution in [0.25, 0.3) is 0 Å². The zero-order valence-electron chi connectivity index (χ0n) is 8.10. The smallest absolute Gasteiger partial charge is 0.320 e. The van der Waals surface area contributed by atoms with E-state index in [-0.39, 0.29) is 0 Å². The van der Waals surface area contributed by atoms with Crippen molar-refractivity contribution in [2.24, 2.45) is 0 Å². The summed E-state index contributed by atoms with van der Waals surface area (Å²) in [4.78, 5) is 12.8. The first kappa shape index (κ1) is 9.21. The Morgan fingerprint density at radius 3 is 2.29 bits per heavy atom. The highest BCUT2D eigenvalue weighted by Gasteiger charge is 2.26. The first-order valence-electron chi connectivity index (χ1n) is 4.72. The van der Waals surface area contributed by atoms with E-state index < -0.39 is 12.0 Å². The third-order valence-corrected chi connectivity index (χ3v) is 2.77. The fraction of sp³-hybridized carbons (Fsp3) is 0.364. The van der Waals surface area contributed by atoms with Gasteiger partial charge < -0.3 is 5.11 Å². The van der Waals surface area contributed by atoms with Crippen LogP contribution in [0.4, 0.5) is 0 Å². The monoisotopic (exact) mass is 191 g/mol. The number of fused-ring (bicyclic) bond motifs is 1. The number of hydrogen-bond donors (Lipinski definition) is 1. The summed E-state index contributed by atoms with van der Waals surface area (Å²) < 4.78 is 0. The largest absolute Gasteiger partial charge is 0.480 e. The van der Waals surface area contributed by atoms with E-state index in [1.807, 2.05) is 17.0 Å². The molecule has 0 saturated carbocycles. The van der Waals surface area contributed by atoms with Crippen LogP contribution in [0.3, 0.4) is 0 Å². The highest BCUT2D eigenvalue weighted by Crippen LogP contribution is 2.23. The fourth-order valence-electron chi connectivity index (χ4n) is 1.79. The highest BCUT2D eigenvalue weighted by molar-refractivity contribution is 5.73. The summed E-state index contributed by atoms with van der Waals surface area (Å²) >= 11 is 0. The third kappa shape index (κ3) is 1.51. The molecule has 1 aromatic carbocycles. The molecule has 0 bridgehead atoms. The van der Waals surface area contributed by atoms with E-state index in [4.69, 9.17) is 5.11 Å². The van der Waals surface area contributed by atoms with E-state index in [1.54, 1.807) is 6.92 Å². The van der Waals surface area contributed by atoms with Crippen molar-refractivity contribution in [2.75, 3.05) is 0 Å². The zero-order valence-corrected chi connectivity index (χ0v) is 8.10. The lowest BCUT2D eigenvalue weighted by Gasteiger charge is -2.19. The van der Waals surface area contributed by atoms with Crippen molar-refractivity contribution in [3.05, 3.63) is 35.4 Å². The Balaban J connectivity index is 2.15. The molecular weight excluding hydrogens is 178 g/mol. The predicted molar refractivity (Wildman–Crippen MR) is 52.8 cm³/mol. The molecule has 0 aliphatic carbocycles. The number of nitrogens with zero attached hydrogens (tertiary/aromatic N) is 1. The van der Waals surface area contributed by atoms with Crippen LogP contribution in [0.5, 0.6) is 0 Å². The second-order valence-corrected chi connectivity index (χ2v) is 3.69. The lowest BCUT2D eigenvalue weighted by molar-refractivity contribution is -0.142. The topological polar surface area (TPSA) is 40.5 Å². The molecule has 0 radical (unpaired) electrons. The van der Waals surface area contributed by atoms with E-state index in [9.17, 15) is 4.79 Å². The average Bonchev–Trinajstić information content (AvgIpc) is 2.59. The zero-order chi connectivity index (χ0) is 10.1. The van der Waals surface area contributed by atoms with Crippen molar-refractivity contribution < 1.29 is 9.90 Å². The SMILES string of the molecule is C[C@H](C(=O)O)N1Cc2ccccc2C1. The molecule has 1 aliphatic heterocycles. The minimum Gasteiger partial charge on any atom is -0.480 e. The quantitative estimate of drug-likeness (QED) is 0.769. The van der Waals surface area contributed by atoms with Crippen molar-refractivity contribution in [3.63, 3.8) is 0 Å². The minimum atomic E-state index is -0.752. The van der Waals surface area contributed by atoms with Crippen LogP contribution < -0.4 is 0 Å². The van der Waals surface area contributed by atoms with Gasteiger partial charge in [0, 0.05) is 13.1 Å². The van der Waals surface area contributed by atoms with Gasteiger partial charge >= 0.3 is 5.97 Å². The first-order chi connectivity index (χ1) is 6.68. The Bertz CT molecular complexity index is 337. The second kappa shape index (κ2) is 3.42. The maximum atomic E-state index is 10.8. The van der Waals surface area contributed by atoms with Crippen LogP contribution in [0.15, 0.2) is 24.3 Å². The molecule has 0 aromatic heterocycles. The molecule has 0 unspecified atom stereocenters. The molecule has 14 heavy (non-hydrogen) atoms. The van der Waals surface area contributed by atoms with Crippen LogP contribution in [-0.4, -0.2) is 22.0 Å². The maximum absolute atomic E-state index is 10.8. The molecule has 0 fully saturated rings. The Labute approximate surface area is 83.0 Å². The lowest BCUT2D eigenvalue weighted by atomic mass is 10.1. The van der Waals surface area contributed by atoms with Gasteiger partial charge in [-0.3, -0.25) is 9.69 Å². The summed E-state index contributed by atoms with van der Waals surface area (Å²) in [7, 11) is 0. The Morgan fingerprint density at radius 1 is 1.36 bits per heavy atom. The van der Waals surface area contributed by atoms with Crippen LogP contribution in [0.1, 0.15) is 18.1 Å². The average molecular weight is 191 g/mol. The van der Waals surface area contributed by atoms with E-state index >= 15 is 0 Å². The van der Waals surface area contributed by atoms with Crippen LogP contribution in [-0.2, 0) is 17.9 Å². The lowest BCUT2D eigenvalue weighted by Crippen LogP contribution is -2.34. The van der Waals surface area contributed by atoms with E-state index in [0.717, 1.165) is 13.1 Å². The molecule has 3 heteroatoms. The van der Waals surface area contributed by atoms with Crippen LogP contribution in [0, 0.1) is 0 Å². The van der Waals surface area contributed by atoms with Gasteiger partial charge in [0.2, 0.25) is 0 Å². The second-order valence-electron chi connectivity index (χ2n) is 3.69. The summed E-state index contributed by atoms with van der Waals surface area (Å²) in [6.07, 6.45) is 0. The first-order valence-corrected chi connectivity index (χ1v) is 4.72. The number of carbonyl (C=O) groups is 1. The Kier molecular flexibility index (Phi) is 2.25. The molecule has 1 aromatic rings. The molecule has 1 aliphatic rings. The summed E-state index contributed by atoms with van der Waals surface area (Å²) in [6, 6.07) is 7.71. The van der Waals surface area contributed by atoms with Gasteiger partial charge in [-0.1, -0.05) is 24.3 Å². The molecule has 1 atom stereocenters. The molecule has 74 valence electrons. The molecule has 3 nitrogen and oxygen atoms in total. The Hall–Kier alpha value is -1.35. The van der Waals surface area contributed by atoms with Gasteiger partial charge in [-0.25, -0.2) is 0 Å². The van der Waals surface area contributed by atoms with Gasteiger partial charge in [-0.05, 0) is 18.1 Å². The fourth-order valence-corrected chi connectivity index (χ4v) is 1.79. The number of rotatable bonds is 2. The van der Waals surface area contributed by atoms with Crippen molar-refractivity contribution in [3.8, 4) is 0 Å². The molecular formula is C11H13NO2. The number of aliphatic carboxylic acids is 1. The predicted octanol–water partition coefficient (Wildman–Crippen LogP) is 1.48. The van der Waals surface area contributed by atoms with Crippen molar-refractivity contribution in [2.45, 2.75) is 26.1 Å². The molecule has 0 amide bonds. The summed E-state index contributed by atoms with van der Waals surface area (Å²) in [5.74, 6) is -0.752. The van der Waals surface area contributed by atoms with E-state index in [1.165, 1.54) is 11.1 Å². The number of carboxylic acids is 1. The summed E-state index contributed by atoms with van der Waals surface area (Å²) in [5.41, 5.74) is 2.50. The number of carboxylic acid groups (broad SMARTS) is 1. The molecule has 0 spiro atoms. The van der Waals surface area contributed by atoms with E-state index in [0.29, 0.717) is 0 Å². The normalized spacial score (nSPS) is 17.8. The molecule has 2 rings (SSSR count). The van der Waals surface area contributed by atoms with Gasteiger partial charge in [0.1, 0.15) is 6.04 Å². The van der Waals surface area contributed by atoms with Crippen molar-refractivity contribution in [1.29, 1.82) is 0 Å². The van der Waals surface area contributed by atoms with Gasteiger partial charge in [0.15, 0.2) is 0 Å². The van der Waals surface area contributed by atoms with Crippen molar-refractivity contribution in [1.82, 2.24) is 4.90 Å². The third-order valence-electron chi connectivity index (χ3n) is 2.77. The standard InChI is InChI=1S/C11H13NO2/c1-8(11(13)14)12-6-9-4-2-3-5-10(9)7-12/h2-5,8H,6-7H2,1H3,(H,13,14)/t8-/m1/s1. The highest BCUT2D eigenvalue weighted by atomic mass is 16.4. The van der Waals surface area contributed by atoms with Gasteiger partial charge in [0.05, 0.1) is 0 Å². The minimum absolute atomic E-state index is 0.401. The maximum Gasteiger partial charge on any atom is 0.320 e. The van der Waals surface area contributed by atoms with Crippen molar-refractivity contribution >= 4 is 5.97 Å². The summed E-state index contributed by atoms with van der Waals surface area (Å²) in [5, 5.41) is 8.88.